The molecular weight excluding hydrogens is 382 g/mol. The maximum atomic E-state index is 13.0. The predicted octanol–water partition coefficient (Wildman–Crippen LogP) is 4.57. The van der Waals surface area contributed by atoms with Crippen LogP contribution in [-0.4, -0.2) is 35.6 Å². The van der Waals surface area contributed by atoms with Crippen LogP contribution in [0, 0.1) is 11.3 Å². The number of ether oxygens (including phenoxy) is 2. The fourth-order valence-electron chi connectivity index (χ4n) is 3.96. The maximum Gasteiger partial charge on any atom is 0.310 e. The zero-order valence-corrected chi connectivity index (χ0v) is 17.6. The van der Waals surface area contributed by atoms with E-state index in [1.54, 1.807) is 6.07 Å². The Balaban J connectivity index is 1.71. The number of nitrogens with zero attached hydrogens (tertiary/aromatic N) is 1. The number of carbonyl (C=O) groups is 2. The zero-order valence-electron chi connectivity index (χ0n) is 17.6. The van der Waals surface area contributed by atoms with Crippen molar-refractivity contribution in [3.05, 3.63) is 53.7 Å². The molecule has 1 aromatic heterocycles. The van der Waals surface area contributed by atoms with E-state index >= 15 is 0 Å². The highest BCUT2D eigenvalue weighted by atomic mass is 16.5. The van der Waals surface area contributed by atoms with Crippen LogP contribution in [0.15, 0.2) is 42.6 Å². The van der Waals surface area contributed by atoms with Crippen molar-refractivity contribution >= 4 is 11.8 Å². The van der Waals surface area contributed by atoms with E-state index in [1.165, 1.54) is 13.3 Å². The Kier molecular flexibility index (Phi) is 7.08. The molecular formula is C24H29NO5. The van der Waals surface area contributed by atoms with Crippen LogP contribution in [0.3, 0.4) is 0 Å². The van der Waals surface area contributed by atoms with Gasteiger partial charge in [-0.2, -0.15) is 0 Å². The number of hydrogen-bond donors (Lipinski definition) is 1. The number of Topliss-reactive ketones (excluding diaryl/α,β-unsaturated/α-hetero) is 1. The van der Waals surface area contributed by atoms with Crippen molar-refractivity contribution in [3.8, 4) is 11.6 Å². The van der Waals surface area contributed by atoms with Gasteiger partial charge in [-0.25, -0.2) is 4.98 Å². The highest BCUT2D eigenvalue weighted by Crippen LogP contribution is 2.42. The van der Waals surface area contributed by atoms with Gasteiger partial charge in [-0.15, -0.1) is 0 Å². The molecule has 0 aliphatic heterocycles. The van der Waals surface area contributed by atoms with Crippen LogP contribution in [0.25, 0.3) is 0 Å². The monoisotopic (exact) mass is 411 g/mol. The summed E-state index contributed by atoms with van der Waals surface area (Å²) in [6.45, 7) is 2.54. The third kappa shape index (κ3) is 5.17. The second kappa shape index (κ2) is 9.74. The van der Waals surface area contributed by atoms with Gasteiger partial charge in [0.2, 0.25) is 0 Å². The first-order valence-electron chi connectivity index (χ1n) is 10.4. The molecule has 3 rings (SSSR count). The number of pyridine rings is 1. The maximum absolute atomic E-state index is 13.0. The van der Waals surface area contributed by atoms with Crippen LogP contribution in [0.4, 0.5) is 0 Å². The molecule has 6 heteroatoms. The van der Waals surface area contributed by atoms with E-state index < -0.39 is 11.4 Å². The predicted molar refractivity (Wildman–Crippen MR) is 113 cm³/mol. The fraction of sp³-hybridized carbons (Fsp3) is 0.458. The average molecular weight is 411 g/mol. The Bertz CT molecular complexity index is 872. The highest BCUT2D eigenvalue weighted by Gasteiger charge is 2.43. The fourth-order valence-corrected chi connectivity index (χ4v) is 3.96. The van der Waals surface area contributed by atoms with Gasteiger partial charge in [0, 0.05) is 24.6 Å². The number of carbonyl (C=O) groups excluding carboxylic acids is 1. The zero-order chi connectivity index (χ0) is 21.6. The molecule has 1 aliphatic carbocycles. The van der Waals surface area contributed by atoms with E-state index in [1.807, 2.05) is 30.3 Å². The van der Waals surface area contributed by atoms with E-state index in [9.17, 15) is 14.7 Å². The third-order valence-corrected chi connectivity index (χ3v) is 6.01. The van der Waals surface area contributed by atoms with Crippen molar-refractivity contribution < 1.29 is 24.2 Å². The van der Waals surface area contributed by atoms with Gasteiger partial charge < -0.3 is 14.6 Å². The number of ketones is 1. The summed E-state index contributed by atoms with van der Waals surface area (Å²) in [5, 5.41) is 9.82. The first-order valence-corrected chi connectivity index (χ1v) is 10.4. The van der Waals surface area contributed by atoms with Gasteiger partial charge in [0.05, 0.1) is 19.1 Å². The number of aliphatic carboxylic acids is 1. The van der Waals surface area contributed by atoms with Gasteiger partial charge in [0.1, 0.15) is 0 Å². The molecule has 1 aliphatic rings. The smallest absolute Gasteiger partial charge is 0.310 e. The van der Waals surface area contributed by atoms with Crippen molar-refractivity contribution in [2.45, 2.75) is 45.4 Å². The number of rotatable bonds is 9. The second-order valence-electron chi connectivity index (χ2n) is 8.18. The molecule has 1 saturated carbocycles. The minimum absolute atomic E-state index is 0.0213. The Hall–Kier alpha value is -2.89. The molecule has 1 fully saturated rings. The molecule has 6 nitrogen and oxygen atoms in total. The lowest BCUT2D eigenvalue weighted by Gasteiger charge is -2.35. The van der Waals surface area contributed by atoms with Gasteiger partial charge in [0.15, 0.2) is 11.5 Å². The quantitative estimate of drug-likeness (QED) is 0.609. The van der Waals surface area contributed by atoms with Crippen molar-refractivity contribution in [2.24, 2.45) is 11.3 Å². The number of carboxylic acids is 1. The minimum atomic E-state index is -0.988. The van der Waals surface area contributed by atoms with Gasteiger partial charge in [0.25, 0.3) is 5.88 Å². The van der Waals surface area contributed by atoms with Crippen molar-refractivity contribution in [3.63, 3.8) is 0 Å². The molecule has 0 radical (unpaired) electrons. The van der Waals surface area contributed by atoms with E-state index in [0.717, 1.165) is 18.4 Å². The lowest BCUT2D eigenvalue weighted by Crippen LogP contribution is -2.37. The molecule has 1 heterocycles. The first-order chi connectivity index (χ1) is 14.4. The lowest BCUT2D eigenvalue weighted by atomic mass is 9.68. The van der Waals surface area contributed by atoms with Crippen LogP contribution in [0.2, 0.25) is 0 Å². The van der Waals surface area contributed by atoms with Crippen molar-refractivity contribution in [2.75, 3.05) is 13.7 Å². The number of benzene rings is 1. The Labute approximate surface area is 177 Å². The normalized spacial score (nSPS) is 21.1. The molecule has 160 valence electrons. The molecule has 2 aromatic rings. The number of aromatic nitrogens is 1. The van der Waals surface area contributed by atoms with E-state index in [2.05, 4.69) is 11.9 Å². The van der Waals surface area contributed by atoms with E-state index in [4.69, 9.17) is 9.47 Å². The molecule has 0 atom stereocenters. The van der Waals surface area contributed by atoms with Crippen LogP contribution >= 0.6 is 0 Å². The third-order valence-electron chi connectivity index (χ3n) is 6.01. The van der Waals surface area contributed by atoms with Crippen LogP contribution in [0.1, 0.15) is 54.9 Å². The van der Waals surface area contributed by atoms with E-state index in [-0.39, 0.29) is 12.2 Å². The molecule has 0 bridgehead atoms. The Morgan fingerprint density at radius 2 is 1.90 bits per heavy atom. The largest absolute Gasteiger partial charge is 0.488 e. The summed E-state index contributed by atoms with van der Waals surface area (Å²) in [5.74, 6) is 0.0818. The minimum Gasteiger partial charge on any atom is -0.488 e. The second-order valence-corrected chi connectivity index (χ2v) is 8.18. The summed E-state index contributed by atoms with van der Waals surface area (Å²) in [7, 11) is 1.50. The number of methoxy groups -OCH3 is 1. The van der Waals surface area contributed by atoms with Gasteiger partial charge in [-0.1, -0.05) is 37.3 Å². The summed E-state index contributed by atoms with van der Waals surface area (Å²) in [6.07, 6.45) is 4.84. The van der Waals surface area contributed by atoms with Gasteiger partial charge >= 0.3 is 5.97 Å². The summed E-state index contributed by atoms with van der Waals surface area (Å²) < 4.78 is 11.1. The Morgan fingerprint density at radius 3 is 2.53 bits per heavy atom. The standard InChI is InChI=1S/C24H29NO5/c1-17-8-11-24(12-9-17,23(27)28)15-20(26)19-14-21(22(29-2)25-16-19)30-13-10-18-6-4-3-5-7-18/h3-7,14,16-17H,8-13,15H2,1-2H3,(H,27,28). The Morgan fingerprint density at radius 1 is 1.20 bits per heavy atom. The molecule has 0 amide bonds. The first kappa shape index (κ1) is 21.8. The molecule has 30 heavy (non-hydrogen) atoms. The number of hydrogen-bond acceptors (Lipinski definition) is 5. The molecule has 1 aromatic carbocycles. The molecule has 0 saturated heterocycles. The van der Waals surface area contributed by atoms with Crippen LogP contribution in [0.5, 0.6) is 11.6 Å². The van der Waals surface area contributed by atoms with Crippen molar-refractivity contribution in [1.29, 1.82) is 0 Å². The summed E-state index contributed by atoms with van der Waals surface area (Å²) in [5.41, 5.74) is 0.508. The van der Waals surface area contributed by atoms with Crippen LogP contribution in [-0.2, 0) is 11.2 Å². The average Bonchev–Trinajstić information content (AvgIpc) is 2.76. The van der Waals surface area contributed by atoms with Crippen molar-refractivity contribution in [1.82, 2.24) is 4.98 Å². The molecule has 0 spiro atoms. The summed E-state index contributed by atoms with van der Waals surface area (Å²) in [4.78, 5) is 29.1. The summed E-state index contributed by atoms with van der Waals surface area (Å²) in [6, 6.07) is 11.6. The van der Waals surface area contributed by atoms with Gasteiger partial charge in [-0.05, 0) is 43.2 Å². The van der Waals surface area contributed by atoms with Crippen LogP contribution < -0.4 is 9.47 Å². The summed E-state index contributed by atoms with van der Waals surface area (Å²) >= 11 is 0. The molecule has 0 unspecified atom stereocenters. The lowest BCUT2D eigenvalue weighted by molar-refractivity contribution is -0.151. The number of carboxylic acid groups (broad SMARTS) is 1. The molecule has 1 N–H and O–H groups in total. The van der Waals surface area contributed by atoms with E-state index in [0.29, 0.717) is 49.0 Å². The highest BCUT2D eigenvalue weighted by molar-refractivity contribution is 5.99. The van der Waals surface area contributed by atoms with Gasteiger partial charge in [-0.3, -0.25) is 9.59 Å². The SMILES string of the molecule is COc1ncc(C(=O)CC2(C(=O)O)CCC(C)CC2)cc1OCCc1ccccc1. The topological polar surface area (TPSA) is 85.7 Å².